The van der Waals surface area contributed by atoms with E-state index in [9.17, 15) is 0 Å². The lowest BCUT2D eigenvalue weighted by Gasteiger charge is -2.39. The molecule has 0 atom stereocenters. The minimum atomic E-state index is -0.530. The number of ether oxygens (including phenoxy) is 1. The minimum Gasteiger partial charge on any atom is -0.457 e. The third-order valence-electron chi connectivity index (χ3n) is 11.5. The first-order chi connectivity index (χ1) is 26.8. The summed E-state index contributed by atoms with van der Waals surface area (Å²) >= 11 is 0. The summed E-state index contributed by atoms with van der Waals surface area (Å²) in [5, 5.41) is 2.37. The number of rotatable bonds is 4. The SMILES string of the molecule is C1=CC(c2ccc3c(c2)C2(c4ccccc4O3)c3ccccc3-c3ccccc32)=C(c2nc(-c3ccccc3)cc(-c3cccc4ccccc34)n2)CC1. The highest BCUT2D eigenvalue weighted by Crippen LogP contribution is 2.62. The Morgan fingerprint density at radius 3 is 1.96 bits per heavy atom. The van der Waals surface area contributed by atoms with E-state index >= 15 is 0 Å². The van der Waals surface area contributed by atoms with Gasteiger partial charge in [-0.05, 0) is 81.3 Å². The van der Waals surface area contributed by atoms with Crippen molar-refractivity contribution >= 4 is 21.9 Å². The third kappa shape index (κ3) is 4.55. The van der Waals surface area contributed by atoms with Crippen LogP contribution in [0, 0.1) is 0 Å². The molecule has 2 heterocycles. The van der Waals surface area contributed by atoms with Crippen LogP contribution in [0.3, 0.4) is 0 Å². The van der Waals surface area contributed by atoms with Crippen LogP contribution in [0.4, 0.5) is 0 Å². The Morgan fingerprint density at radius 2 is 1.13 bits per heavy atom. The number of para-hydroxylation sites is 1. The van der Waals surface area contributed by atoms with Crippen LogP contribution in [0.2, 0.25) is 0 Å². The highest BCUT2D eigenvalue weighted by atomic mass is 16.5. The monoisotopic (exact) mass is 690 g/mol. The molecular formula is C51H34N2O. The maximum Gasteiger partial charge on any atom is 0.157 e. The molecule has 0 bridgehead atoms. The molecule has 1 spiro atoms. The number of hydrogen-bond acceptors (Lipinski definition) is 3. The van der Waals surface area contributed by atoms with Gasteiger partial charge in [-0.3, -0.25) is 0 Å². The molecule has 0 unspecified atom stereocenters. The Bertz CT molecular complexity index is 2810. The van der Waals surface area contributed by atoms with Crippen LogP contribution >= 0.6 is 0 Å². The van der Waals surface area contributed by atoms with E-state index in [1.807, 2.05) is 0 Å². The van der Waals surface area contributed by atoms with E-state index in [-0.39, 0.29) is 0 Å². The normalized spacial score (nSPS) is 14.7. The Kier molecular flexibility index (Phi) is 6.90. The molecule has 11 rings (SSSR count). The molecule has 1 aromatic heterocycles. The molecule has 2 aliphatic carbocycles. The fourth-order valence-electron chi connectivity index (χ4n) is 9.12. The second kappa shape index (κ2) is 12.1. The second-order valence-corrected chi connectivity index (χ2v) is 14.3. The summed E-state index contributed by atoms with van der Waals surface area (Å²) in [6.45, 7) is 0. The molecule has 7 aromatic carbocycles. The number of aromatic nitrogens is 2. The molecule has 54 heavy (non-hydrogen) atoms. The highest BCUT2D eigenvalue weighted by Gasteiger charge is 2.51. The molecule has 254 valence electrons. The van der Waals surface area contributed by atoms with Gasteiger partial charge in [0.05, 0.1) is 16.8 Å². The maximum absolute atomic E-state index is 6.75. The summed E-state index contributed by atoms with van der Waals surface area (Å²) in [5.74, 6) is 2.55. The van der Waals surface area contributed by atoms with Crippen molar-refractivity contribution in [2.75, 3.05) is 0 Å². The van der Waals surface area contributed by atoms with Crippen molar-refractivity contribution < 1.29 is 4.74 Å². The van der Waals surface area contributed by atoms with Gasteiger partial charge in [-0.2, -0.15) is 0 Å². The van der Waals surface area contributed by atoms with Gasteiger partial charge < -0.3 is 4.74 Å². The van der Waals surface area contributed by atoms with Crippen LogP contribution in [-0.2, 0) is 5.41 Å². The zero-order valence-corrected chi connectivity index (χ0v) is 29.5. The molecule has 0 fully saturated rings. The van der Waals surface area contributed by atoms with Gasteiger partial charge in [-0.15, -0.1) is 0 Å². The van der Waals surface area contributed by atoms with Gasteiger partial charge in [-0.25, -0.2) is 9.97 Å². The molecule has 0 saturated heterocycles. The summed E-state index contributed by atoms with van der Waals surface area (Å²) < 4.78 is 6.75. The largest absolute Gasteiger partial charge is 0.457 e. The molecule has 0 N–H and O–H groups in total. The Labute approximate surface area is 314 Å². The van der Waals surface area contributed by atoms with Crippen LogP contribution < -0.4 is 4.74 Å². The van der Waals surface area contributed by atoms with E-state index in [0.29, 0.717) is 0 Å². The van der Waals surface area contributed by atoms with Gasteiger partial charge in [0.2, 0.25) is 0 Å². The van der Waals surface area contributed by atoms with Crippen LogP contribution in [0.1, 0.15) is 46.5 Å². The van der Waals surface area contributed by atoms with Gasteiger partial charge in [-0.1, -0.05) is 158 Å². The lowest BCUT2D eigenvalue weighted by atomic mass is 9.65. The smallest absolute Gasteiger partial charge is 0.157 e. The molecule has 0 radical (unpaired) electrons. The van der Waals surface area contributed by atoms with E-state index in [1.165, 1.54) is 38.6 Å². The average molecular weight is 691 g/mol. The van der Waals surface area contributed by atoms with Crippen molar-refractivity contribution in [3.63, 3.8) is 0 Å². The van der Waals surface area contributed by atoms with Crippen molar-refractivity contribution in [2.24, 2.45) is 0 Å². The lowest BCUT2D eigenvalue weighted by molar-refractivity contribution is 0.436. The minimum absolute atomic E-state index is 0.530. The summed E-state index contributed by atoms with van der Waals surface area (Å²) in [4.78, 5) is 10.7. The molecule has 8 aromatic rings. The summed E-state index contributed by atoms with van der Waals surface area (Å²) in [6, 6.07) is 60.7. The van der Waals surface area contributed by atoms with Gasteiger partial charge >= 0.3 is 0 Å². The van der Waals surface area contributed by atoms with Gasteiger partial charge in [0.15, 0.2) is 5.82 Å². The van der Waals surface area contributed by atoms with Gasteiger partial charge in [0, 0.05) is 27.8 Å². The molecule has 3 heteroatoms. The third-order valence-corrected chi connectivity index (χ3v) is 11.5. The topological polar surface area (TPSA) is 35.0 Å². The first-order valence-corrected chi connectivity index (χ1v) is 18.7. The fraction of sp³-hybridized carbons (Fsp3) is 0.0588. The summed E-state index contributed by atoms with van der Waals surface area (Å²) in [5.41, 5.74) is 14.3. The highest BCUT2D eigenvalue weighted by molar-refractivity contribution is 5.99. The predicted molar refractivity (Wildman–Crippen MR) is 219 cm³/mol. The maximum atomic E-state index is 6.75. The van der Waals surface area contributed by atoms with Crippen molar-refractivity contribution in [3.8, 4) is 45.1 Å². The first kappa shape index (κ1) is 30.8. The van der Waals surface area contributed by atoms with E-state index in [0.717, 1.165) is 75.0 Å². The quantitative estimate of drug-likeness (QED) is 0.184. The Balaban J connectivity index is 1.15. The first-order valence-electron chi connectivity index (χ1n) is 18.7. The zero-order chi connectivity index (χ0) is 35.6. The van der Waals surface area contributed by atoms with Crippen molar-refractivity contribution in [1.82, 2.24) is 9.97 Å². The Morgan fingerprint density at radius 1 is 0.481 bits per heavy atom. The van der Waals surface area contributed by atoms with E-state index in [2.05, 4.69) is 182 Å². The molecule has 0 amide bonds. The van der Waals surface area contributed by atoms with Crippen molar-refractivity contribution in [1.29, 1.82) is 0 Å². The molecule has 1 aliphatic heterocycles. The standard InChI is InChI=1S/C51H34N2O/c1-2-16-34(17-3-1)46-32-47(40-24-14-18-33-15-4-5-19-36(33)40)53-50(52-46)41-23-7-6-20-37(41)35-29-30-49-45(31-35)51(44-27-12-13-28-48(44)54-49)42-25-10-8-21-38(42)39-22-9-11-26-43(39)51/h1-6,8-22,24-32H,7,23H2. The van der Waals surface area contributed by atoms with E-state index in [1.54, 1.807) is 0 Å². The predicted octanol–water partition coefficient (Wildman–Crippen LogP) is 12.7. The number of fused-ring (bicyclic) bond motifs is 10. The second-order valence-electron chi connectivity index (χ2n) is 14.3. The van der Waals surface area contributed by atoms with Crippen LogP contribution in [0.15, 0.2) is 182 Å². The molecule has 3 nitrogen and oxygen atoms in total. The number of nitrogens with zero attached hydrogens (tertiary/aromatic N) is 2. The van der Waals surface area contributed by atoms with Crippen molar-refractivity contribution in [2.45, 2.75) is 18.3 Å². The van der Waals surface area contributed by atoms with E-state index in [4.69, 9.17) is 14.7 Å². The number of allylic oxidation sites excluding steroid dienone is 4. The Hall–Kier alpha value is -6.84. The van der Waals surface area contributed by atoms with Crippen molar-refractivity contribution in [3.05, 3.63) is 216 Å². The number of hydrogen-bond donors (Lipinski definition) is 0. The molecular weight excluding hydrogens is 657 g/mol. The zero-order valence-electron chi connectivity index (χ0n) is 29.5. The van der Waals surface area contributed by atoms with E-state index < -0.39 is 5.41 Å². The summed E-state index contributed by atoms with van der Waals surface area (Å²) in [7, 11) is 0. The molecule has 0 saturated carbocycles. The number of benzene rings is 7. The van der Waals surface area contributed by atoms with Crippen LogP contribution in [-0.4, -0.2) is 9.97 Å². The molecule has 3 aliphatic rings. The average Bonchev–Trinajstić information content (AvgIpc) is 3.54. The van der Waals surface area contributed by atoms with Crippen LogP contribution in [0.25, 0.3) is 55.6 Å². The van der Waals surface area contributed by atoms with Crippen LogP contribution in [0.5, 0.6) is 11.5 Å². The van der Waals surface area contributed by atoms with Gasteiger partial charge in [0.1, 0.15) is 11.5 Å². The lowest BCUT2D eigenvalue weighted by Crippen LogP contribution is -2.32. The van der Waals surface area contributed by atoms with Gasteiger partial charge in [0.25, 0.3) is 0 Å². The fourth-order valence-corrected chi connectivity index (χ4v) is 9.12. The summed E-state index contributed by atoms with van der Waals surface area (Å²) in [6.07, 6.45) is 6.32.